The number of hydrogen-bond donors (Lipinski definition) is 1. The average Bonchev–Trinajstić information content (AvgIpc) is 3.33. The van der Waals surface area contributed by atoms with Crippen molar-refractivity contribution in [2.24, 2.45) is 14.1 Å². The number of aryl methyl sites for hydroxylation is 1. The van der Waals surface area contributed by atoms with E-state index in [0.29, 0.717) is 0 Å². The summed E-state index contributed by atoms with van der Waals surface area (Å²) in [7, 11) is 2.84. The van der Waals surface area contributed by atoms with Gasteiger partial charge >= 0.3 is 11.7 Å². The van der Waals surface area contributed by atoms with Gasteiger partial charge in [-0.2, -0.15) is 0 Å². The minimum Gasteiger partial charge on any atom is -0.407 e. The molecule has 4 aromatic rings. The first-order chi connectivity index (χ1) is 14.3. The van der Waals surface area contributed by atoms with Crippen LogP contribution in [0.5, 0.6) is 0 Å². The molecule has 0 radical (unpaired) electrons. The number of rotatable bonds is 5. The third-order valence-electron chi connectivity index (χ3n) is 4.51. The number of imidazole rings is 1. The van der Waals surface area contributed by atoms with Gasteiger partial charge in [0.25, 0.3) is 5.56 Å². The Morgan fingerprint density at radius 3 is 2.60 bits per heavy atom. The summed E-state index contributed by atoms with van der Waals surface area (Å²) in [5.41, 5.74) is -0.00339. The van der Waals surface area contributed by atoms with E-state index >= 15 is 0 Å². The predicted molar refractivity (Wildman–Crippen MR) is 102 cm³/mol. The molecule has 0 spiro atoms. The molecule has 154 valence electrons. The summed E-state index contributed by atoms with van der Waals surface area (Å²) >= 11 is 0. The van der Waals surface area contributed by atoms with Gasteiger partial charge in [0.05, 0.1) is 12.7 Å². The van der Waals surface area contributed by atoms with E-state index < -0.39 is 17.2 Å². The van der Waals surface area contributed by atoms with Crippen molar-refractivity contribution in [2.75, 3.05) is 5.32 Å². The van der Waals surface area contributed by atoms with E-state index in [4.69, 9.17) is 4.42 Å². The van der Waals surface area contributed by atoms with E-state index in [0.717, 1.165) is 10.1 Å². The summed E-state index contributed by atoms with van der Waals surface area (Å²) in [5.74, 6) is -0.629. The fraction of sp³-hybridized carbons (Fsp3) is 0.222. The lowest BCUT2D eigenvalue weighted by Crippen LogP contribution is -2.37. The zero-order valence-corrected chi connectivity index (χ0v) is 16.0. The normalized spacial score (nSPS) is 11.2. The first-order valence-electron chi connectivity index (χ1n) is 8.81. The van der Waals surface area contributed by atoms with Crippen molar-refractivity contribution < 1.29 is 13.6 Å². The summed E-state index contributed by atoms with van der Waals surface area (Å²) in [6.45, 7) is -0.250. The molecule has 0 aliphatic carbocycles. The van der Waals surface area contributed by atoms with Gasteiger partial charge in [0.15, 0.2) is 11.2 Å². The molecular weight excluding hydrogens is 397 g/mol. The Morgan fingerprint density at radius 1 is 1.13 bits per heavy atom. The Balaban J connectivity index is 1.49. The first-order valence-corrected chi connectivity index (χ1v) is 8.81. The highest BCUT2D eigenvalue weighted by atomic mass is 19.1. The van der Waals surface area contributed by atoms with Crippen molar-refractivity contribution >= 4 is 23.1 Å². The number of nitrogens with one attached hydrogen (secondary N) is 1. The summed E-state index contributed by atoms with van der Waals surface area (Å²) in [4.78, 5) is 40.8. The largest absolute Gasteiger partial charge is 0.407 e. The van der Waals surface area contributed by atoms with Crippen LogP contribution in [0.4, 0.5) is 10.4 Å². The molecule has 0 unspecified atom stereocenters. The molecule has 0 saturated heterocycles. The average molecular weight is 413 g/mol. The van der Waals surface area contributed by atoms with Crippen LogP contribution in [-0.2, 0) is 31.9 Å². The molecule has 4 rings (SSSR count). The van der Waals surface area contributed by atoms with Gasteiger partial charge in [0.2, 0.25) is 11.8 Å². The van der Waals surface area contributed by atoms with Crippen molar-refractivity contribution in [3.05, 3.63) is 68.7 Å². The fourth-order valence-electron chi connectivity index (χ4n) is 2.98. The molecule has 0 aliphatic heterocycles. The Hall–Kier alpha value is -4.09. The number of aromatic nitrogens is 6. The highest BCUT2D eigenvalue weighted by Crippen LogP contribution is 2.12. The molecule has 12 heteroatoms. The van der Waals surface area contributed by atoms with Crippen LogP contribution in [0.15, 0.2) is 44.6 Å². The van der Waals surface area contributed by atoms with Crippen molar-refractivity contribution in [3.63, 3.8) is 0 Å². The third kappa shape index (κ3) is 3.50. The van der Waals surface area contributed by atoms with E-state index in [-0.39, 0.29) is 41.9 Å². The molecule has 0 saturated carbocycles. The zero-order chi connectivity index (χ0) is 21.4. The molecule has 0 fully saturated rings. The van der Waals surface area contributed by atoms with Crippen LogP contribution in [0.2, 0.25) is 0 Å². The molecule has 0 bridgehead atoms. The summed E-state index contributed by atoms with van der Waals surface area (Å²) in [6.07, 6.45) is 1.58. The van der Waals surface area contributed by atoms with E-state index in [9.17, 15) is 18.8 Å². The minimum absolute atomic E-state index is 0.109. The van der Waals surface area contributed by atoms with Crippen LogP contribution in [-0.4, -0.2) is 34.8 Å². The smallest absolute Gasteiger partial charge is 0.332 e. The van der Waals surface area contributed by atoms with Gasteiger partial charge in [-0.15, -0.1) is 5.10 Å². The van der Waals surface area contributed by atoms with Gasteiger partial charge in [0, 0.05) is 14.1 Å². The van der Waals surface area contributed by atoms with Gasteiger partial charge in [-0.05, 0) is 17.7 Å². The van der Waals surface area contributed by atoms with E-state index in [1.165, 1.54) is 41.7 Å². The maximum Gasteiger partial charge on any atom is 0.332 e. The molecule has 3 heterocycles. The highest BCUT2D eigenvalue weighted by Gasteiger charge is 2.17. The second-order valence-corrected chi connectivity index (χ2v) is 6.60. The molecular formula is C18H16FN7O4. The number of benzene rings is 1. The van der Waals surface area contributed by atoms with Crippen LogP contribution in [0.3, 0.4) is 0 Å². The van der Waals surface area contributed by atoms with Crippen LogP contribution in [0, 0.1) is 5.82 Å². The molecule has 3 aromatic heterocycles. The number of fused-ring (bicyclic) bond motifs is 1. The van der Waals surface area contributed by atoms with Crippen LogP contribution < -0.4 is 16.6 Å². The zero-order valence-electron chi connectivity index (χ0n) is 16.0. The Labute approximate surface area is 167 Å². The van der Waals surface area contributed by atoms with Crippen molar-refractivity contribution in [3.8, 4) is 0 Å². The van der Waals surface area contributed by atoms with Crippen LogP contribution >= 0.6 is 0 Å². The Kier molecular flexibility index (Phi) is 4.74. The van der Waals surface area contributed by atoms with E-state index in [1.54, 1.807) is 12.1 Å². The third-order valence-corrected chi connectivity index (χ3v) is 4.51. The van der Waals surface area contributed by atoms with Crippen LogP contribution in [0.1, 0.15) is 11.5 Å². The SMILES string of the molecule is Cn1c(=O)c2c(ncn2CC(=O)Nc2nnc(Cc3ccc(F)cc3)o2)n(C)c1=O. The van der Waals surface area contributed by atoms with Crippen molar-refractivity contribution in [1.29, 1.82) is 0 Å². The molecule has 30 heavy (non-hydrogen) atoms. The first kappa shape index (κ1) is 19.2. The van der Waals surface area contributed by atoms with Gasteiger partial charge in [0.1, 0.15) is 12.4 Å². The Morgan fingerprint density at radius 2 is 1.87 bits per heavy atom. The van der Waals surface area contributed by atoms with E-state index in [1.807, 2.05) is 0 Å². The van der Waals surface area contributed by atoms with Crippen LogP contribution in [0.25, 0.3) is 11.2 Å². The lowest BCUT2D eigenvalue weighted by molar-refractivity contribution is -0.116. The fourth-order valence-corrected chi connectivity index (χ4v) is 2.98. The molecule has 1 aromatic carbocycles. The summed E-state index contributed by atoms with van der Waals surface area (Å²) in [5, 5.41) is 10.1. The monoisotopic (exact) mass is 413 g/mol. The molecule has 1 amide bonds. The predicted octanol–water partition coefficient (Wildman–Crippen LogP) is 0.185. The topological polar surface area (TPSA) is 130 Å². The van der Waals surface area contributed by atoms with E-state index in [2.05, 4.69) is 20.5 Å². The molecule has 0 atom stereocenters. The summed E-state index contributed by atoms with van der Waals surface area (Å²) < 4.78 is 21.9. The maximum atomic E-state index is 13.0. The maximum absolute atomic E-state index is 13.0. The van der Waals surface area contributed by atoms with Gasteiger partial charge in [-0.3, -0.25) is 24.0 Å². The standard InChI is InChI=1S/C18H16FN7O4/c1-24-15-14(16(28)25(2)18(24)29)26(9-20-15)8-12(27)21-17-23-22-13(30-17)7-10-3-5-11(19)6-4-10/h3-6,9H,7-8H2,1-2H3,(H,21,23,27). The number of anilines is 1. The number of amides is 1. The number of nitrogens with zero attached hydrogens (tertiary/aromatic N) is 6. The van der Waals surface area contributed by atoms with Crippen molar-refractivity contribution in [1.82, 2.24) is 28.9 Å². The van der Waals surface area contributed by atoms with Gasteiger partial charge in [-0.1, -0.05) is 17.2 Å². The lowest BCUT2D eigenvalue weighted by Gasteiger charge is -2.06. The quantitative estimate of drug-likeness (QED) is 0.494. The second-order valence-electron chi connectivity index (χ2n) is 6.60. The second kappa shape index (κ2) is 7.39. The number of carbonyl (C=O) groups is 1. The van der Waals surface area contributed by atoms with Gasteiger partial charge < -0.3 is 8.98 Å². The number of carbonyl (C=O) groups excluding carboxylic acids is 1. The van der Waals surface area contributed by atoms with Crippen molar-refractivity contribution in [2.45, 2.75) is 13.0 Å². The minimum atomic E-state index is -0.558. The number of hydrogen-bond acceptors (Lipinski definition) is 7. The molecule has 0 aliphatic rings. The molecule has 11 nitrogen and oxygen atoms in total. The Bertz CT molecular complexity index is 1360. The highest BCUT2D eigenvalue weighted by molar-refractivity contribution is 5.89. The van der Waals surface area contributed by atoms with Gasteiger partial charge in [-0.25, -0.2) is 14.2 Å². The lowest BCUT2D eigenvalue weighted by atomic mass is 10.1. The number of halogens is 1. The summed E-state index contributed by atoms with van der Waals surface area (Å²) in [6, 6.07) is 5.72. The molecule has 1 N–H and O–H groups in total.